The van der Waals surface area contributed by atoms with E-state index >= 15 is 0 Å². The van der Waals surface area contributed by atoms with Gasteiger partial charge in [-0.1, -0.05) is 36.4 Å². The molecule has 4 aliphatic rings. The molecule has 8 rings (SSSR count). The number of anilines is 3. The summed E-state index contributed by atoms with van der Waals surface area (Å²) in [7, 11) is 0. The Morgan fingerprint density at radius 3 is 1.96 bits per heavy atom. The van der Waals surface area contributed by atoms with Crippen LogP contribution in [0.4, 0.5) is 38.0 Å². The van der Waals surface area contributed by atoms with Gasteiger partial charge >= 0.3 is 23.4 Å². The van der Waals surface area contributed by atoms with E-state index in [1.807, 2.05) is 30.3 Å². The van der Waals surface area contributed by atoms with Crippen LogP contribution in [0, 0.1) is 38.0 Å². The minimum atomic E-state index is -0.871. The maximum Gasteiger partial charge on any atom is 0.345 e. The number of nitro benzene ring substituents is 2. The molecule has 0 heterocycles. The van der Waals surface area contributed by atoms with E-state index in [0.29, 0.717) is 42.7 Å². The first-order valence-corrected chi connectivity index (χ1v) is 15.7. The summed E-state index contributed by atoms with van der Waals surface area (Å²) in [4.78, 5) is 51.2. The Labute approximate surface area is 273 Å². The molecule has 0 radical (unpaired) electrons. The standard InChI is InChI=1S/C34H32N6O8/c41-30-10-8-24(15-28(30)39(45)46)35-33(44)38(34-17-20-12-21(18-34)14-22(13-20)19-34)37(25-9-11-31(42)29(16-25)40(47)48)32(43)36-27-7-3-5-23-4-1-2-6-26(23)27/h1-11,15-16,20-22,41-42H,12-14,17-19H2,(H,35,44)(H,36,43). The van der Waals surface area contributed by atoms with Crippen LogP contribution in [-0.4, -0.2) is 42.7 Å². The van der Waals surface area contributed by atoms with Crippen molar-refractivity contribution in [3.8, 4) is 11.5 Å². The van der Waals surface area contributed by atoms with Crippen molar-refractivity contribution in [3.05, 3.63) is 99.1 Å². The van der Waals surface area contributed by atoms with E-state index in [1.165, 1.54) is 17.1 Å². The highest BCUT2D eigenvalue weighted by molar-refractivity contribution is 6.09. The molecule has 4 bridgehead atoms. The number of fused-ring (bicyclic) bond motifs is 1. The quantitative estimate of drug-likeness (QED) is 0.0933. The fourth-order valence-electron chi connectivity index (χ4n) is 8.38. The monoisotopic (exact) mass is 652 g/mol. The van der Waals surface area contributed by atoms with Crippen molar-refractivity contribution in [1.29, 1.82) is 0 Å². The number of nitrogens with one attached hydrogen (secondary N) is 2. The normalized spacial score (nSPS) is 22.2. The maximum absolute atomic E-state index is 14.6. The minimum Gasteiger partial charge on any atom is -0.502 e. The lowest BCUT2D eigenvalue weighted by Gasteiger charge is -2.61. The van der Waals surface area contributed by atoms with E-state index in [4.69, 9.17) is 0 Å². The number of benzene rings is 4. The van der Waals surface area contributed by atoms with Gasteiger partial charge in [0.05, 0.1) is 26.8 Å². The summed E-state index contributed by atoms with van der Waals surface area (Å²) in [5, 5.41) is 53.5. The van der Waals surface area contributed by atoms with Crippen LogP contribution in [0.1, 0.15) is 38.5 Å². The van der Waals surface area contributed by atoms with E-state index in [9.17, 15) is 40.0 Å². The molecule has 0 atom stereocenters. The summed E-state index contributed by atoms with van der Waals surface area (Å²) >= 11 is 0. The average Bonchev–Trinajstić information content (AvgIpc) is 3.04. The number of hydrazine groups is 1. The number of phenols is 2. The molecule has 48 heavy (non-hydrogen) atoms. The van der Waals surface area contributed by atoms with Crippen molar-refractivity contribution in [1.82, 2.24) is 5.01 Å². The van der Waals surface area contributed by atoms with E-state index in [-0.39, 0.29) is 11.4 Å². The second kappa shape index (κ2) is 11.7. The number of nitro groups is 2. The molecule has 246 valence electrons. The summed E-state index contributed by atoms with van der Waals surface area (Å²) in [6.07, 6.45) is 4.77. The molecule has 14 nitrogen and oxygen atoms in total. The number of carbonyl (C=O) groups excluding carboxylic acids is 2. The van der Waals surface area contributed by atoms with Crippen LogP contribution < -0.4 is 15.6 Å². The Morgan fingerprint density at radius 2 is 1.31 bits per heavy atom. The van der Waals surface area contributed by atoms with Gasteiger partial charge in [-0.05, 0) is 92.0 Å². The van der Waals surface area contributed by atoms with E-state index in [0.717, 1.165) is 59.3 Å². The average molecular weight is 653 g/mol. The third-order valence-corrected chi connectivity index (χ3v) is 9.89. The minimum absolute atomic E-state index is 0.00493. The molecule has 4 saturated carbocycles. The molecular weight excluding hydrogens is 620 g/mol. The molecule has 0 aliphatic heterocycles. The molecule has 4 fully saturated rings. The summed E-state index contributed by atoms with van der Waals surface area (Å²) in [6, 6.07) is 18.1. The van der Waals surface area contributed by atoms with Crippen LogP contribution >= 0.6 is 0 Å². The van der Waals surface area contributed by atoms with Crippen LogP contribution in [0.3, 0.4) is 0 Å². The predicted molar refractivity (Wildman–Crippen MR) is 177 cm³/mol. The van der Waals surface area contributed by atoms with Gasteiger partial charge in [-0.3, -0.25) is 20.2 Å². The number of phenolic OH excluding ortho intramolecular Hbond substituents is 2. The second-order valence-electron chi connectivity index (χ2n) is 13.0. The van der Waals surface area contributed by atoms with Crippen molar-refractivity contribution in [2.24, 2.45) is 17.8 Å². The highest BCUT2D eigenvalue weighted by Gasteiger charge is 2.57. The highest BCUT2D eigenvalue weighted by atomic mass is 16.6. The number of hydrogen-bond donors (Lipinski definition) is 4. The number of urea groups is 2. The molecule has 4 N–H and O–H groups in total. The van der Waals surface area contributed by atoms with Crippen LogP contribution in [0.2, 0.25) is 0 Å². The molecule has 4 aromatic carbocycles. The highest BCUT2D eigenvalue weighted by Crippen LogP contribution is 2.58. The third-order valence-electron chi connectivity index (χ3n) is 9.89. The van der Waals surface area contributed by atoms with Crippen LogP contribution in [0.25, 0.3) is 10.8 Å². The maximum atomic E-state index is 14.6. The van der Waals surface area contributed by atoms with Crippen LogP contribution in [-0.2, 0) is 0 Å². The van der Waals surface area contributed by atoms with Gasteiger partial charge in [0, 0.05) is 23.2 Å². The lowest BCUT2D eigenvalue weighted by atomic mass is 9.52. The van der Waals surface area contributed by atoms with Gasteiger partial charge in [0.25, 0.3) is 0 Å². The van der Waals surface area contributed by atoms with Gasteiger partial charge in [-0.2, -0.15) is 5.01 Å². The molecule has 4 aromatic rings. The van der Waals surface area contributed by atoms with E-state index in [2.05, 4.69) is 10.6 Å². The van der Waals surface area contributed by atoms with Crippen LogP contribution in [0.15, 0.2) is 78.9 Å². The van der Waals surface area contributed by atoms with Crippen molar-refractivity contribution in [2.75, 3.05) is 15.6 Å². The number of aromatic hydroxyl groups is 2. The molecule has 0 aromatic heterocycles. The fourth-order valence-corrected chi connectivity index (χ4v) is 8.38. The Bertz CT molecular complexity index is 1940. The van der Waals surface area contributed by atoms with Crippen LogP contribution in [0.5, 0.6) is 11.5 Å². The topological polar surface area (TPSA) is 191 Å². The second-order valence-corrected chi connectivity index (χ2v) is 13.0. The molecule has 0 unspecified atom stereocenters. The lowest BCUT2D eigenvalue weighted by molar-refractivity contribution is -0.385. The predicted octanol–water partition coefficient (Wildman–Crippen LogP) is 7.52. The number of rotatable bonds is 6. The first-order chi connectivity index (χ1) is 23.0. The third kappa shape index (κ3) is 5.44. The Hall–Kier alpha value is -5.92. The Kier molecular flexibility index (Phi) is 7.49. The van der Waals surface area contributed by atoms with Crippen molar-refractivity contribution < 1.29 is 29.6 Å². The number of carbonyl (C=O) groups is 2. The van der Waals surface area contributed by atoms with Gasteiger partial charge in [0.2, 0.25) is 0 Å². The first kappa shape index (κ1) is 30.7. The van der Waals surface area contributed by atoms with Gasteiger partial charge in [-0.15, -0.1) is 0 Å². The number of nitrogens with zero attached hydrogens (tertiary/aromatic N) is 4. The van der Waals surface area contributed by atoms with Crippen molar-refractivity contribution in [2.45, 2.75) is 44.1 Å². The smallest absolute Gasteiger partial charge is 0.345 e. The molecule has 14 heteroatoms. The Balaban J connectivity index is 1.38. The van der Waals surface area contributed by atoms with Crippen molar-refractivity contribution in [3.63, 3.8) is 0 Å². The molecular formula is C34H32N6O8. The van der Waals surface area contributed by atoms with Gasteiger partial charge in [0.1, 0.15) is 0 Å². The fraction of sp³-hybridized carbons (Fsp3) is 0.294. The van der Waals surface area contributed by atoms with Gasteiger partial charge < -0.3 is 20.8 Å². The van der Waals surface area contributed by atoms with E-state index < -0.39 is 50.3 Å². The zero-order valence-electron chi connectivity index (χ0n) is 25.6. The lowest BCUT2D eigenvalue weighted by Crippen LogP contribution is -2.68. The van der Waals surface area contributed by atoms with Gasteiger partial charge in [0.15, 0.2) is 11.5 Å². The summed E-state index contributed by atoms with van der Waals surface area (Å²) < 4.78 is 0. The SMILES string of the molecule is O=C(Nc1cccc2ccccc12)N(c1ccc(O)c([N+](=O)[O-])c1)N(C(=O)Nc1ccc(O)c([N+](=O)[O-])c1)C12CC3CC(CC(C3)C1)C2. The van der Waals surface area contributed by atoms with E-state index in [1.54, 1.807) is 12.1 Å². The molecule has 0 spiro atoms. The zero-order valence-corrected chi connectivity index (χ0v) is 25.6. The summed E-state index contributed by atoms with van der Waals surface area (Å²) in [6.45, 7) is 0. The summed E-state index contributed by atoms with van der Waals surface area (Å²) in [5.74, 6) is -0.279. The number of amides is 4. The first-order valence-electron chi connectivity index (χ1n) is 15.7. The molecule has 4 aliphatic carbocycles. The number of hydrogen-bond acceptors (Lipinski definition) is 8. The largest absolute Gasteiger partial charge is 0.502 e. The van der Waals surface area contributed by atoms with Crippen molar-refractivity contribution >= 4 is 51.3 Å². The molecule has 0 saturated heterocycles. The Morgan fingerprint density at radius 1 is 0.729 bits per heavy atom. The molecule has 4 amide bonds. The summed E-state index contributed by atoms with van der Waals surface area (Å²) in [5.41, 5.74) is -1.74. The van der Waals surface area contributed by atoms with Gasteiger partial charge in [-0.25, -0.2) is 14.6 Å². The zero-order chi connectivity index (χ0) is 33.7.